The number of aliphatic hydroxyl groups is 1. The number of hydrogen-bond acceptors (Lipinski definition) is 5. The number of aromatic nitrogens is 1. The first-order chi connectivity index (χ1) is 17.6. The van der Waals surface area contributed by atoms with E-state index in [2.05, 4.69) is 36.3 Å². The first kappa shape index (κ1) is 27.3. The number of nitrogens with one attached hydrogen (secondary N) is 2. The number of rotatable bonds is 10. The third-order valence-corrected chi connectivity index (χ3v) is 9.45. The fraction of sp³-hybridized carbons (Fsp3) is 0.464. The van der Waals surface area contributed by atoms with Gasteiger partial charge in [0.05, 0.1) is 23.4 Å². The van der Waals surface area contributed by atoms with Crippen molar-refractivity contribution in [1.82, 2.24) is 14.6 Å². The number of H-pyrrole nitrogens is 1. The maximum atomic E-state index is 12.4. The molecule has 1 saturated heterocycles. The number of nitrogens with zero attached hydrogens (tertiary/aromatic N) is 1. The Morgan fingerprint density at radius 1 is 1.19 bits per heavy atom. The molecule has 5 N–H and O–H groups in total. The topological polar surface area (TPSA) is 129 Å². The Labute approximate surface area is 219 Å². The van der Waals surface area contributed by atoms with Crippen molar-refractivity contribution in [2.75, 3.05) is 25.4 Å². The quantitative estimate of drug-likeness (QED) is 0.321. The molecular formula is C28H38N4O4S. The lowest BCUT2D eigenvalue weighted by atomic mass is 9.88. The number of hydrogen-bond donors (Lipinski definition) is 4. The summed E-state index contributed by atoms with van der Waals surface area (Å²) in [5.74, 6) is 0.123. The maximum absolute atomic E-state index is 12.4. The van der Waals surface area contributed by atoms with Crippen LogP contribution in [0.15, 0.2) is 42.6 Å². The van der Waals surface area contributed by atoms with E-state index in [1.807, 2.05) is 30.5 Å². The number of piperidine rings is 1. The van der Waals surface area contributed by atoms with Crippen LogP contribution in [0, 0.1) is 5.92 Å². The third kappa shape index (κ3) is 5.90. The van der Waals surface area contributed by atoms with E-state index in [0.717, 1.165) is 46.0 Å². The van der Waals surface area contributed by atoms with Crippen LogP contribution >= 0.6 is 0 Å². The molecule has 1 aliphatic heterocycles. The molecule has 0 radical (unpaired) electrons. The zero-order valence-electron chi connectivity index (χ0n) is 21.8. The van der Waals surface area contributed by atoms with E-state index in [9.17, 15) is 18.3 Å². The van der Waals surface area contributed by atoms with E-state index in [-0.39, 0.29) is 24.3 Å². The van der Waals surface area contributed by atoms with Crippen LogP contribution in [0.25, 0.3) is 22.0 Å². The summed E-state index contributed by atoms with van der Waals surface area (Å²) in [6.07, 6.45) is 3.40. The number of amides is 1. The van der Waals surface area contributed by atoms with Gasteiger partial charge in [0.1, 0.15) is 0 Å². The molecule has 1 fully saturated rings. The Morgan fingerprint density at radius 3 is 2.54 bits per heavy atom. The third-order valence-electron chi connectivity index (χ3n) is 7.57. The molecule has 2 aromatic carbocycles. The van der Waals surface area contributed by atoms with E-state index >= 15 is 0 Å². The number of sulfonamides is 1. The van der Waals surface area contributed by atoms with Crippen molar-refractivity contribution in [3.05, 3.63) is 59.3 Å². The molecule has 0 aliphatic carbocycles. The fourth-order valence-corrected chi connectivity index (χ4v) is 6.33. The zero-order valence-corrected chi connectivity index (χ0v) is 22.6. The summed E-state index contributed by atoms with van der Waals surface area (Å²) in [5, 5.41) is 14.0. The van der Waals surface area contributed by atoms with Gasteiger partial charge in [-0.2, -0.15) is 0 Å². The first-order valence-corrected chi connectivity index (χ1v) is 14.6. The normalized spacial score (nSPS) is 16.5. The van der Waals surface area contributed by atoms with Gasteiger partial charge in [0.2, 0.25) is 10.0 Å². The molecule has 1 aromatic heterocycles. The second-order valence-corrected chi connectivity index (χ2v) is 12.5. The minimum atomic E-state index is -3.19. The average molecular weight is 527 g/mol. The number of fused-ring (bicyclic) bond motifs is 1. The summed E-state index contributed by atoms with van der Waals surface area (Å²) in [4.78, 5) is 15.7. The molecule has 1 unspecified atom stereocenters. The predicted molar refractivity (Wildman–Crippen MR) is 148 cm³/mol. The molecule has 0 spiro atoms. The van der Waals surface area contributed by atoms with E-state index in [0.29, 0.717) is 31.1 Å². The molecule has 0 saturated carbocycles. The van der Waals surface area contributed by atoms with E-state index < -0.39 is 15.9 Å². The van der Waals surface area contributed by atoms with E-state index in [4.69, 9.17) is 5.73 Å². The van der Waals surface area contributed by atoms with Crippen LogP contribution in [0.4, 0.5) is 0 Å². The standard InChI is InChI=1S/C28H38N4O4S/c1-4-37(35,36)32-10-8-20(9-11-32)25-16-31-27-23(25)13-22(14-24(27)28(29)34)21-7-5-6-19(12-21)15-30-26(17-33)18(2)3/h5-7,12-14,16,18,20,26,30-31,33H,4,8-11,15,17H2,1-3H3,(H2,29,34). The molecule has 4 rings (SSSR count). The SMILES string of the molecule is CCS(=O)(=O)N1CCC(c2c[nH]c3c(C(N)=O)cc(-c4cccc(CNC(CO)C(C)C)c4)cc23)CC1. The van der Waals surface area contributed by atoms with Gasteiger partial charge in [-0.25, -0.2) is 12.7 Å². The number of benzene rings is 2. The van der Waals surface area contributed by atoms with Crippen molar-refractivity contribution in [2.45, 2.75) is 52.1 Å². The largest absolute Gasteiger partial charge is 0.395 e. The highest BCUT2D eigenvalue weighted by Gasteiger charge is 2.29. The number of aliphatic hydroxyl groups excluding tert-OH is 1. The summed E-state index contributed by atoms with van der Waals surface area (Å²) in [5.41, 5.74) is 11.0. The van der Waals surface area contributed by atoms with Crippen molar-refractivity contribution < 1.29 is 18.3 Å². The van der Waals surface area contributed by atoms with Crippen LogP contribution in [0.1, 0.15) is 61.0 Å². The van der Waals surface area contributed by atoms with Crippen molar-refractivity contribution in [3.63, 3.8) is 0 Å². The molecule has 8 nitrogen and oxygen atoms in total. The number of primary amides is 1. The summed E-state index contributed by atoms with van der Waals surface area (Å²) in [6.45, 7) is 7.52. The van der Waals surface area contributed by atoms with Crippen molar-refractivity contribution in [3.8, 4) is 11.1 Å². The van der Waals surface area contributed by atoms with Crippen molar-refractivity contribution >= 4 is 26.8 Å². The smallest absolute Gasteiger partial charge is 0.250 e. The first-order valence-electron chi connectivity index (χ1n) is 13.0. The predicted octanol–water partition coefficient (Wildman–Crippen LogP) is 3.57. The Kier molecular flexibility index (Phi) is 8.38. The zero-order chi connectivity index (χ0) is 26.7. The molecular weight excluding hydrogens is 488 g/mol. The molecule has 1 aliphatic rings. The molecule has 0 bridgehead atoms. The fourth-order valence-electron chi connectivity index (χ4n) is 5.20. The van der Waals surface area contributed by atoms with Crippen LogP contribution < -0.4 is 11.1 Å². The molecule has 1 atom stereocenters. The lowest BCUT2D eigenvalue weighted by Crippen LogP contribution is -2.38. The van der Waals surface area contributed by atoms with Crippen LogP contribution in [-0.4, -0.2) is 60.2 Å². The maximum Gasteiger partial charge on any atom is 0.250 e. The molecule has 37 heavy (non-hydrogen) atoms. The Balaban J connectivity index is 1.65. The molecule has 1 amide bonds. The number of carbonyl (C=O) groups is 1. The summed E-state index contributed by atoms with van der Waals surface area (Å²) in [7, 11) is -3.19. The highest BCUT2D eigenvalue weighted by molar-refractivity contribution is 7.89. The van der Waals surface area contributed by atoms with Gasteiger partial charge < -0.3 is 21.1 Å². The summed E-state index contributed by atoms with van der Waals surface area (Å²) >= 11 is 0. The van der Waals surface area contributed by atoms with E-state index in [1.54, 1.807) is 11.2 Å². The molecule has 3 aromatic rings. The Morgan fingerprint density at radius 2 is 1.92 bits per heavy atom. The van der Waals surface area contributed by atoms with Gasteiger partial charge in [-0.3, -0.25) is 4.79 Å². The van der Waals surface area contributed by atoms with Crippen molar-refractivity contribution in [2.24, 2.45) is 11.7 Å². The second-order valence-electron chi connectivity index (χ2n) is 10.2. The second kappa shape index (κ2) is 11.3. The number of nitrogens with two attached hydrogens (primary N) is 1. The van der Waals surface area contributed by atoms with E-state index in [1.165, 1.54) is 0 Å². The summed E-state index contributed by atoms with van der Waals surface area (Å²) in [6, 6.07) is 12.1. The molecule has 2 heterocycles. The van der Waals surface area contributed by atoms with Gasteiger partial charge >= 0.3 is 0 Å². The highest BCUT2D eigenvalue weighted by Crippen LogP contribution is 2.37. The van der Waals surface area contributed by atoms with Gasteiger partial charge in [0.15, 0.2) is 0 Å². The number of aromatic amines is 1. The molecule has 200 valence electrons. The van der Waals surface area contributed by atoms with Gasteiger partial charge in [-0.05, 0) is 72.1 Å². The average Bonchev–Trinajstić information content (AvgIpc) is 3.32. The van der Waals surface area contributed by atoms with Crippen LogP contribution in [0.2, 0.25) is 0 Å². The van der Waals surface area contributed by atoms with Crippen LogP contribution in [-0.2, 0) is 16.6 Å². The van der Waals surface area contributed by atoms with Gasteiger partial charge in [-0.15, -0.1) is 0 Å². The van der Waals surface area contributed by atoms with Gasteiger partial charge in [0.25, 0.3) is 5.91 Å². The van der Waals surface area contributed by atoms with Gasteiger partial charge in [0, 0.05) is 37.3 Å². The minimum absolute atomic E-state index is 0.0163. The molecule has 9 heteroatoms. The Hall–Kier alpha value is -2.72. The van der Waals surface area contributed by atoms with Crippen molar-refractivity contribution in [1.29, 1.82) is 0 Å². The lowest BCUT2D eigenvalue weighted by molar-refractivity contribution is 0.100. The summed E-state index contributed by atoms with van der Waals surface area (Å²) < 4.78 is 26.2. The van der Waals surface area contributed by atoms with Crippen LogP contribution in [0.5, 0.6) is 0 Å². The number of carbonyl (C=O) groups excluding carboxylic acids is 1. The Bertz CT molecular complexity index is 1360. The minimum Gasteiger partial charge on any atom is -0.395 e. The van der Waals surface area contributed by atoms with Crippen LogP contribution in [0.3, 0.4) is 0 Å². The van der Waals surface area contributed by atoms with Gasteiger partial charge in [-0.1, -0.05) is 32.0 Å². The monoisotopic (exact) mass is 526 g/mol. The highest BCUT2D eigenvalue weighted by atomic mass is 32.2. The lowest BCUT2D eigenvalue weighted by Gasteiger charge is -2.31.